The monoisotopic (exact) mass is 422 g/mol. The summed E-state index contributed by atoms with van der Waals surface area (Å²) in [5, 5.41) is 0.711. The van der Waals surface area contributed by atoms with Crippen LogP contribution < -0.4 is 0 Å². The Morgan fingerprint density at radius 2 is 1.82 bits per heavy atom. The fourth-order valence-electron chi connectivity index (χ4n) is 2.94. The van der Waals surface area contributed by atoms with Gasteiger partial charge in [-0.2, -0.15) is 4.31 Å². The molecule has 1 heterocycles. The number of carbonyl (C=O) groups is 1. The number of methoxy groups -OCH3 is 1. The maximum Gasteiger partial charge on any atom is 0.337 e. The first-order valence-corrected chi connectivity index (χ1v) is 11.4. The number of ether oxygens (including phenoxy) is 1. The van der Waals surface area contributed by atoms with Gasteiger partial charge in [0.15, 0.2) is 0 Å². The summed E-state index contributed by atoms with van der Waals surface area (Å²) in [6, 6.07) is 10.2. The van der Waals surface area contributed by atoms with Gasteiger partial charge in [-0.25, -0.2) is 18.2 Å². The number of esters is 1. The van der Waals surface area contributed by atoms with Crippen LogP contribution in [0.3, 0.4) is 0 Å². The highest BCUT2D eigenvalue weighted by Crippen LogP contribution is 2.25. The third kappa shape index (κ3) is 5.33. The van der Waals surface area contributed by atoms with Gasteiger partial charge in [-0.1, -0.05) is 12.1 Å². The summed E-state index contributed by atoms with van der Waals surface area (Å²) in [7, 11) is -2.24. The number of thioether (sulfide) groups is 1. The van der Waals surface area contributed by atoms with Crippen LogP contribution in [-0.4, -0.2) is 42.9 Å². The molecule has 2 aromatic rings. The van der Waals surface area contributed by atoms with Crippen molar-refractivity contribution in [2.45, 2.75) is 55.5 Å². The van der Waals surface area contributed by atoms with Crippen molar-refractivity contribution in [2.75, 3.05) is 7.11 Å². The first-order chi connectivity index (χ1) is 13.2. The molecule has 152 valence electrons. The Morgan fingerprint density at radius 3 is 2.36 bits per heavy atom. The quantitative estimate of drug-likeness (QED) is 0.473. The normalized spacial score (nSPS) is 12.0. The first-order valence-electron chi connectivity index (χ1n) is 8.96. The van der Waals surface area contributed by atoms with E-state index in [0.29, 0.717) is 16.3 Å². The summed E-state index contributed by atoms with van der Waals surface area (Å²) < 4.78 is 32.0. The van der Waals surface area contributed by atoms with Crippen LogP contribution in [0.2, 0.25) is 0 Å². The minimum Gasteiger partial charge on any atom is -0.465 e. The Labute approximate surface area is 171 Å². The molecule has 8 heteroatoms. The fraction of sp³-hybridized carbons (Fsp3) is 0.400. The van der Waals surface area contributed by atoms with Crippen molar-refractivity contribution >= 4 is 27.8 Å². The van der Waals surface area contributed by atoms with Gasteiger partial charge in [0.25, 0.3) is 0 Å². The lowest BCUT2D eigenvalue weighted by Gasteiger charge is -2.29. The number of sulfonamides is 1. The molecule has 0 bridgehead atoms. The van der Waals surface area contributed by atoms with E-state index in [0.717, 1.165) is 5.56 Å². The van der Waals surface area contributed by atoms with E-state index in [2.05, 4.69) is 4.98 Å². The van der Waals surface area contributed by atoms with Crippen LogP contribution in [0.5, 0.6) is 0 Å². The molecule has 0 unspecified atom stereocenters. The molecule has 0 radical (unpaired) electrons. The number of aromatic nitrogens is 1. The molecule has 0 saturated heterocycles. The maximum atomic E-state index is 12.9. The summed E-state index contributed by atoms with van der Waals surface area (Å²) in [5.41, 5.74) is 1.45. The topological polar surface area (TPSA) is 76.6 Å². The number of hydrogen-bond acceptors (Lipinski definition) is 6. The van der Waals surface area contributed by atoms with Gasteiger partial charge in [-0.15, -0.1) is 11.8 Å². The van der Waals surface area contributed by atoms with E-state index in [-0.39, 0.29) is 22.9 Å². The van der Waals surface area contributed by atoms with E-state index in [1.54, 1.807) is 30.3 Å². The molecule has 2 rings (SSSR count). The third-order valence-corrected chi connectivity index (χ3v) is 7.29. The van der Waals surface area contributed by atoms with Crippen LogP contribution in [0, 0.1) is 0 Å². The van der Waals surface area contributed by atoms with E-state index >= 15 is 0 Å². The summed E-state index contributed by atoms with van der Waals surface area (Å²) >= 11 is 1.47. The molecule has 28 heavy (non-hydrogen) atoms. The number of nitrogens with zero attached hydrogens (tertiary/aromatic N) is 2. The zero-order chi connectivity index (χ0) is 20.9. The van der Waals surface area contributed by atoms with Crippen molar-refractivity contribution in [1.29, 1.82) is 0 Å². The molecule has 1 aromatic carbocycles. The number of hydrogen-bond donors (Lipinski definition) is 0. The van der Waals surface area contributed by atoms with Gasteiger partial charge in [0, 0.05) is 24.0 Å². The molecular formula is C20H26N2O4S2. The van der Waals surface area contributed by atoms with Crippen molar-refractivity contribution in [3.8, 4) is 0 Å². The van der Waals surface area contributed by atoms with Crippen molar-refractivity contribution < 1.29 is 17.9 Å². The van der Waals surface area contributed by atoms with E-state index in [9.17, 15) is 13.2 Å². The van der Waals surface area contributed by atoms with Gasteiger partial charge in [0.2, 0.25) is 10.0 Å². The Morgan fingerprint density at radius 1 is 1.14 bits per heavy atom. The van der Waals surface area contributed by atoms with Crippen LogP contribution in [0.25, 0.3) is 0 Å². The fourth-order valence-corrected chi connectivity index (χ4v) is 5.51. The van der Waals surface area contributed by atoms with Gasteiger partial charge in [0.1, 0.15) is 4.90 Å². The van der Waals surface area contributed by atoms with Gasteiger partial charge >= 0.3 is 5.97 Å². The van der Waals surface area contributed by atoms with Gasteiger partial charge in [0.05, 0.1) is 17.7 Å². The van der Waals surface area contributed by atoms with Crippen molar-refractivity contribution in [2.24, 2.45) is 0 Å². The molecule has 0 fully saturated rings. The van der Waals surface area contributed by atoms with Gasteiger partial charge < -0.3 is 4.74 Å². The molecule has 0 amide bonds. The molecule has 6 nitrogen and oxygen atoms in total. The molecule has 0 saturated carbocycles. The van der Waals surface area contributed by atoms with Crippen molar-refractivity contribution in [3.63, 3.8) is 0 Å². The molecule has 0 aliphatic carbocycles. The maximum absolute atomic E-state index is 12.9. The Kier molecular flexibility index (Phi) is 7.63. The summed E-state index contributed by atoms with van der Waals surface area (Å²) in [6.45, 7) is 7.44. The average molecular weight is 423 g/mol. The lowest BCUT2D eigenvalue weighted by molar-refractivity contribution is 0.0600. The van der Waals surface area contributed by atoms with Gasteiger partial charge in [-0.05, 0) is 57.5 Å². The van der Waals surface area contributed by atoms with Crippen molar-refractivity contribution in [3.05, 3.63) is 53.7 Å². The van der Waals surface area contributed by atoms with Crippen LogP contribution in [0.4, 0.5) is 0 Å². The molecule has 0 aliphatic heterocycles. The van der Waals surface area contributed by atoms with Gasteiger partial charge in [-0.3, -0.25) is 0 Å². The molecule has 0 spiro atoms. The molecule has 0 N–H and O–H groups in total. The molecule has 0 atom stereocenters. The number of rotatable bonds is 8. The molecule has 1 aromatic heterocycles. The second-order valence-corrected chi connectivity index (χ2v) is 9.67. The summed E-state index contributed by atoms with van der Waals surface area (Å²) in [6.07, 6.45) is 1.40. The van der Waals surface area contributed by atoms with E-state index in [1.165, 1.54) is 29.4 Å². The highest BCUT2D eigenvalue weighted by molar-refractivity contribution is 7.98. The largest absolute Gasteiger partial charge is 0.465 e. The molecule has 0 aliphatic rings. The standard InChI is InChI=1S/C20H26N2O4S2/c1-14(2)22(15(3)4)28(24,25)18-9-10-19(21-12-18)27-13-16-7-6-8-17(11-16)20(23)26-5/h6-12,14-15H,13H2,1-5H3. The third-order valence-electron chi connectivity index (χ3n) is 4.04. The minimum atomic E-state index is -3.59. The van der Waals surface area contributed by atoms with E-state index in [4.69, 9.17) is 4.74 Å². The lowest BCUT2D eigenvalue weighted by atomic mass is 10.1. The highest BCUT2D eigenvalue weighted by Gasteiger charge is 2.29. The average Bonchev–Trinajstić information content (AvgIpc) is 2.65. The van der Waals surface area contributed by atoms with E-state index < -0.39 is 10.0 Å². The lowest BCUT2D eigenvalue weighted by Crippen LogP contribution is -2.41. The molecular weight excluding hydrogens is 396 g/mol. The zero-order valence-electron chi connectivity index (χ0n) is 16.7. The smallest absolute Gasteiger partial charge is 0.337 e. The summed E-state index contributed by atoms with van der Waals surface area (Å²) in [5.74, 6) is 0.230. The predicted molar refractivity (Wildman–Crippen MR) is 111 cm³/mol. The van der Waals surface area contributed by atoms with Crippen LogP contribution >= 0.6 is 11.8 Å². The SMILES string of the molecule is COC(=O)c1cccc(CSc2ccc(S(=O)(=O)N(C(C)C)C(C)C)cn2)c1. The van der Waals surface area contributed by atoms with Crippen molar-refractivity contribution in [1.82, 2.24) is 9.29 Å². The Balaban J connectivity index is 2.12. The number of pyridine rings is 1. The Bertz CT molecular complexity index is 902. The Hall–Kier alpha value is -1.90. The number of carbonyl (C=O) groups excluding carboxylic acids is 1. The summed E-state index contributed by atoms with van der Waals surface area (Å²) in [4.78, 5) is 16.1. The first kappa shape index (κ1) is 22.4. The van der Waals surface area contributed by atoms with Crippen LogP contribution in [0.1, 0.15) is 43.6 Å². The van der Waals surface area contributed by atoms with Crippen LogP contribution in [0.15, 0.2) is 52.5 Å². The zero-order valence-corrected chi connectivity index (χ0v) is 18.4. The van der Waals surface area contributed by atoms with E-state index in [1.807, 2.05) is 33.8 Å². The van der Waals surface area contributed by atoms with Crippen LogP contribution in [-0.2, 0) is 20.5 Å². The predicted octanol–water partition coefficient (Wildman–Crippen LogP) is 3.97. The highest BCUT2D eigenvalue weighted by atomic mass is 32.2. The second-order valence-electron chi connectivity index (χ2n) is 6.84. The number of benzene rings is 1. The minimum absolute atomic E-state index is 0.138. The second kappa shape index (κ2) is 9.54.